The lowest BCUT2D eigenvalue weighted by Crippen LogP contribution is -2.39. The second-order valence-electron chi connectivity index (χ2n) is 7.10. The van der Waals surface area contributed by atoms with Crippen LogP contribution >= 0.6 is 0 Å². The molecule has 6 nitrogen and oxygen atoms in total. The fourth-order valence-electron chi connectivity index (χ4n) is 3.48. The van der Waals surface area contributed by atoms with Gasteiger partial charge >= 0.3 is 6.18 Å². The largest absolute Gasteiger partial charge is 0.416 e. The summed E-state index contributed by atoms with van der Waals surface area (Å²) in [5.41, 5.74) is -0.620. The van der Waals surface area contributed by atoms with Crippen LogP contribution in [0.25, 0.3) is 0 Å². The molecule has 2 aliphatic rings. The van der Waals surface area contributed by atoms with Crippen LogP contribution in [0.5, 0.6) is 0 Å². The molecule has 2 heterocycles. The van der Waals surface area contributed by atoms with Crippen LogP contribution in [0, 0.1) is 17.8 Å². The van der Waals surface area contributed by atoms with E-state index in [0.29, 0.717) is 6.42 Å². The molecule has 10 heteroatoms. The van der Waals surface area contributed by atoms with E-state index in [-0.39, 0.29) is 54.4 Å². The maximum absolute atomic E-state index is 12.7. The summed E-state index contributed by atoms with van der Waals surface area (Å²) in [7, 11) is -3.13. The number of hydrogen-bond acceptors (Lipinski definition) is 4. The molecule has 0 aliphatic carbocycles. The van der Waals surface area contributed by atoms with Crippen LogP contribution < -0.4 is 5.32 Å². The molecule has 156 valence electrons. The summed E-state index contributed by atoms with van der Waals surface area (Å²) in [5, 5.41) is 2.56. The van der Waals surface area contributed by atoms with Crippen molar-refractivity contribution in [2.75, 3.05) is 24.6 Å². The zero-order valence-corrected chi connectivity index (χ0v) is 16.1. The Morgan fingerprint density at radius 3 is 2.72 bits per heavy atom. The van der Waals surface area contributed by atoms with E-state index in [0.717, 1.165) is 12.1 Å². The molecule has 0 spiro atoms. The monoisotopic (exact) mass is 428 g/mol. The Kier molecular flexibility index (Phi) is 5.89. The lowest BCUT2D eigenvalue weighted by atomic mass is 10.1. The minimum Gasteiger partial charge on any atom is -0.345 e. The molecule has 1 aromatic rings. The number of sulfone groups is 1. The third-order valence-electron chi connectivity index (χ3n) is 4.95. The van der Waals surface area contributed by atoms with E-state index in [1.54, 1.807) is 0 Å². The average molecular weight is 428 g/mol. The lowest BCUT2D eigenvalue weighted by molar-refractivity contribution is -0.137. The molecule has 2 amide bonds. The number of alkyl halides is 3. The number of benzene rings is 1. The van der Waals surface area contributed by atoms with Crippen LogP contribution in [0.2, 0.25) is 0 Å². The number of rotatable bonds is 3. The Morgan fingerprint density at radius 1 is 1.31 bits per heavy atom. The van der Waals surface area contributed by atoms with Gasteiger partial charge in [0.05, 0.1) is 29.5 Å². The molecule has 0 radical (unpaired) electrons. The number of amides is 2. The van der Waals surface area contributed by atoms with Gasteiger partial charge in [0.25, 0.3) is 0 Å². The van der Waals surface area contributed by atoms with Crippen LogP contribution in [0.3, 0.4) is 0 Å². The normalized spacial score (nSPS) is 23.6. The van der Waals surface area contributed by atoms with Crippen molar-refractivity contribution in [1.82, 2.24) is 10.2 Å². The Bertz CT molecular complexity index is 979. The minimum absolute atomic E-state index is 0.00341. The van der Waals surface area contributed by atoms with Crippen LogP contribution in [0.4, 0.5) is 13.2 Å². The molecule has 29 heavy (non-hydrogen) atoms. The number of halogens is 3. The fourth-order valence-corrected chi connectivity index (χ4v) is 5.21. The summed E-state index contributed by atoms with van der Waals surface area (Å²) in [6.07, 6.45) is -4.07. The second-order valence-corrected chi connectivity index (χ2v) is 9.33. The van der Waals surface area contributed by atoms with Gasteiger partial charge < -0.3 is 10.2 Å². The second kappa shape index (κ2) is 8.06. The van der Waals surface area contributed by atoms with Crippen LogP contribution in [0.1, 0.15) is 24.0 Å². The molecule has 0 bridgehead atoms. The first kappa shape index (κ1) is 21.2. The molecular formula is C19H19F3N2O4S. The highest BCUT2D eigenvalue weighted by Crippen LogP contribution is 2.29. The highest BCUT2D eigenvalue weighted by molar-refractivity contribution is 7.91. The van der Waals surface area contributed by atoms with E-state index in [2.05, 4.69) is 17.2 Å². The number of nitrogens with zero attached hydrogens (tertiary/aromatic N) is 1. The van der Waals surface area contributed by atoms with Crippen molar-refractivity contribution in [3.63, 3.8) is 0 Å². The van der Waals surface area contributed by atoms with Gasteiger partial charge in [0.1, 0.15) is 0 Å². The zero-order chi connectivity index (χ0) is 21.2. The zero-order valence-electron chi connectivity index (χ0n) is 15.3. The Balaban J connectivity index is 1.52. The van der Waals surface area contributed by atoms with Crippen molar-refractivity contribution >= 4 is 21.7 Å². The third-order valence-corrected chi connectivity index (χ3v) is 6.70. The summed E-state index contributed by atoms with van der Waals surface area (Å²) in [4.78, 5) is 25.9. The van der Waals surface area contributed by atoms with Gasteiger partial charge in [-0.3, -0.25) is 9.59 Å². The van der Waals surface area contributed by atoms with E-state index in [1.807, 2.05) is 0 Å². The topological polar surface area (TPSA) is 83.6 Å². The Labute approximate surface area is 166 Å². The Hall–Kier alpha value is -2.54. The smallest absolute Gasteiger partial charge is 0.345 e. The summed E-state index contributed by atoms with van der Waals surface area (Å²) in [5.74, 6) is 3.90. The van der Waals surface area contributed by atoms with Crippen molar-refractivity contribution in [2.45, 2.75) is 25.1 Å². The van der Waals surface area contributed by atoms with Crippen molar-refractivity contribution in [1.29, 1.82) is 0 Å². The first-order valence-electron chi connectivity index (χ1n) is 8.99. The third kappa shape index (κ3) is 5.29. The number of nitrogens with one attached hydrogen (secondary N) is 1. The molecule has 0 aromatic heterocycles. The summed E-state index contributed by atoms with van der Waals surface area (Å²) in [6, 6.07) is 4.19. The molecule has 3 rings (SSSR count). The first-order chi connectivity index (χ1) is 13.5. The molecule has 0 saturated carbocycles. The summed E-state index contributed by atoms with van der Waals surface area (Å²) in [6.45, 7) is 0.0868. The summed E-state index contributed by atoms with van der Waals surface area (Å²) < 4.78 is 61.2. The van der Waals surface area contributed by atoms with Gasteiger partial charge in [0, 0.05) is 24.6 Å². The standard InChI is InChI=1S/C19H19F3N2O4S/c20-19(21,22)15-5-1-3-13(9-15)4-2-7-23-18(26)14-10-17(25)24(11-14)16-6-8-29(27,28)12-16/h1,3,5,9,14,16H,6-8,10-12H2,(H,23,26)/t14-,16-/m0/s1. The van der Waals surface area contributed by atoms with E-state index in [9.17, 15) is 31.2 Å². The molecule has 0 unspecified atom stereocenters. The molecular weight excluding hydrogens is 409 g/mol. The molecule has 2 fully saturated rings. The highest BCUT2D eigenvalue weighted by Gasteiger charge is 2.41. The minimum atomic E-state index is -4.45. The predicted octanol–water partition coefficient (Wildman–Crippen LogP) is 1.21. The van der Waals surface area contributed by atoms with Crippen molar-refractivity contribution < 1.29 is 31.2 Å². The first-order valence-corrected chi connectivity index (χ1v) is 10.8. The van der Waals surface area contributed by atoms with Crippen LogP contribution in [0.15, 0.2) is 24.3 Å². The van der Waals surface area contributed by atoms with Gasteiger partial charge in [-0.05, 0) is 24.6 Å². The van der Waals surface area contributed by atoms with Crippen molar-refractivity contribution in [3.8, 4) is 11.8 Å². The van der Waals surface area contributed by atoms with Gasteiger partial charge in [-0.15, -0.1) is 0 Å². The van der Waals surface area contributed by atoms with E-state index >= 15 is 0 Å². The molecule has 2 aliphatic heterocycles. The Morgan fingerprint density at radius 2 is 2.07 bits per heavy atom. The van der Waals surface area contributed by atoms with Gasteiger partial charge in [-0.2, -0.15) is 13.2 Å². The summed E-state index contributed by atoms with van der Waals surface area (Å²) >= 11 is 0. The number of likely N-dealkylation sites (tertiary alicyclic amines) is 1. The number of carbonyl (C=O) groups is 2. The highest BCUT2D eigenvalue weighted by atomic mass is 32.2. The quantitative estimate of drug-likeness (QED) is 0.734. The lowest BCUT2D eigenvalue weighted by Gasteiger charge is -2.22. The SMILES string of the molecule is O=C(NCC#Cc1cccc(C(F)(F)F)c1)[C@H]1CC(=O)N([C@H]2CCS(=O)(=O)C2)C1. The van der Waals surface area contributed by atoms with Crippen molar-refractivity contribution in [2.24, 2.45) is 5.92 Å². The van der Waals surface area contributed by atoms with Crippen LogP contribution in [-0.2, 0) is 25.6 Å². The van der Waals surface area contributed by atoms with Gasteiger partial charge in [0.15, 0.2) is 9.84 Å². The van der Waals surface area contributed by atoms with Gasteiger partial charge in [-0.25, -0.2) is 8.42 Å². The fraction of sp³-hybridized carbons (Fsp3) is 0.474. The average Bonchev–Trinajstić information content (AvgIpc) is 3.20. The predicted molar refractivity (Wildman–Crippen MR) is 98.2 cm³/mol. The van der Waals surface area contributed by atoms with Crippen molar-refractivity contribution in [3.05, 3.63) is 35.4 Å². The number of hydrogen-bond donors (Lipinski definition) is 1. The maximum atomic E-state index is 12.7. The van der Waals surface area contributed by atoms with E-state index in [1.165, 1.54) is 17.0 Å². The molecule has 2 saturated heterocycles. The number of carbonyl (C=O) groups excluding carboxylic acids is 2. The van der Waals surface area contributed by atoms with E-state index in [4.69, 9.17) is 0 Å². The van der Waals surface area contributed by atoms with Gasteiger partial charge in [0.2, 0.25) is 11.8 Å². The molecule has 1 N–H and O–H groups in total. The maximum Gasteiger partial charge on any atom is 0.416 e. The van der Waals surface area contributed by atoms with Gasteiger partial charge in [-0.1, -0.05) is 17.9 Å². The van der Waals surface area contributed by atoms with Crippen LogP contribution in [-0.4, -0.2) is 55.8 Å². The molecule has 1 aromatic carbocycles. The molecule has 2 atom stereocenters. The van der Waals surface area contributed by atoms with E-state index < -0.39 is 27.5 Å².